The summed E-state index contributed by atoms with van der Waals surface area (Å²) >= 11 is 0. The van der Waals surface area contributed by atoms with Gasteiger partial charge >= 0.3 is 0 Å². The summed E-state index contributed by atoms with van der Waals surface area (Å²) in [7, 11) is 0. The molecule has 2 fully saturated rings. The highest BCUT2D eigenvalue weighted by Gasteiger charge is 2.38. The fourth-order valence-electron chi connectivity index (χ4n) is 1.89. The summed E-state index contributed by atoms with van der Waals surface area (Å²) in [6.07, 6.45) is 3.44. The smallest absolute Gasteiger partial charge is 0.234 e. The summed E-state index contributed by atoms with van der Waals surface area (Å²) in [5, 5.41) is 6.27. The van der Waals surface area contributed by atoms with Crippen LogP contribution in [0.15, 0.2) is 0 Å². The Balaban J connectivity index is 1.76. The van der Waals surface area contributed by atoms with Crippen molar-refractivity contribution in [3.05, 3.63) is 0 Å². The third-order valence-corrected chi connectivity index (χ3v) is 3.44. The lowest BCUT2D eigenvalue weighted by atomic mass is 9.95. The maximum Gasteiger partial charge on any atom is 0.234 e. The molecule has 1 aliphatic carbocycles. The molecule has 1 aliphatic heterocycles. The van der Waals surface area contributed by atoms with E-state index in [4.69, 9.17) is 4.74 Å². The van der Waals surface area contributed by atoms with Crippen LogP contribution in [0, 0.1) is 0 Å². The van der Waals surface area contributed by atoms with E-state index in [0.29, 0.717) is 12.6 Å². The van der Waals surface area contributed by atoms with Crippen molar-refractivity contribution in [3.8, 4) is 0 Å². The molecule has 4 heteroatoms. The van der Waals surface area contributed by atoms with Gasteiger partial charge in [0.1, 0.15) is 0 Å². The fraction of sp³-hybridized carbons (Fsp3) is 0.909. The summed E-state index contributed by atoms with van der Waals surface area (Å²) in [5.74, 6) is 0.0850. The van der Waals surface area contributed by atoms with Crippen LogP contribution in [0.2, 0.25) is 0 Å². The molecule has 0 spiro atoms. The minimum atomic E-state index is -0.178. The summed E-state index contributed by atoms with van der Waals surface area (Å²) in [6, 6.07) is 0.584. The van der Waals surface area contributed by atoms with E-state index in [2.05, 4.69) is 17.6 Å². The Morgan fingerprint density at radius 3 is 2.80 bits per heavy atom. The Bertz CT molecular complexity index is 253. The predicted octanol–water partition coefficient (Wildman–Crippen LogP) is 0.422. The average Bonchev–Trinajstić information content (AvgIpc) is 2.93. The van der Waals surface area contributed by atoms with Crippen molar-refractivity contribution in [1.82, 2.24) is 10.6 Å². The summed E-state index contributed by atoms with van der Waals surface area (Å²) in [4.78, 5) is 11.7. The molecule has 0 aromatic heterocycles. The lowest BCUT2D eigenvalue weighted by Crippen LogP contribution is -2.53. The molecule has 2 rings (SSSR count). The molecule has 15 heavy (non-hydrogen) atoms. The molecule has 1 saturated heterocycles. The van der Waals surface area contributed by atoms with E-state index in [-0.39, 0.29) is 17.6 Å². The zero-order valence-corrected chi connectivity index (χ0v) is 9.51. The lowest BCUT2D eigenvalue weighted by Gasteiger charge is -2.28. The molecule has 2 N–H and O–H groups in total. The first kappa shape index (κ1) is 10.9. The maximum absolute atomic E-state index is 11.7. The second-order valence-electron chi connectivity index (χ2n) is 4.88. The molecule has 0 aromatic rings. The highest BCUT2D eigenvalue weighted by molar-refractivity contribution is 5.79. The molecule has 0 radical (unpaired) electrons. The first-order valence-corrected chi connectivity index (χ1v) is 5.76. The van der Waals surface area contributed by atoms with Gasteiger partial charge in [0.15, 0.2) is 0 Å². The zero-order chi connectivity index (χ0) is 10.9. The van der Waals surface area contributed by atoms with Crippen LogP contribution < -0.4 is 10.6 Å². The van der Waals surface area contributed by atoms with Gasteiger partial charge in [-0.1, -0.05) is 0 Å². The molecule has 1 amide bonds. The van der Waals surface area contributed by atoms with Crippen molar-refractivity contribution in [2.75, 3.05) is 13.2 Å². The van der Waals surface area contributed by atoms with Crippen LogP contribution in [0.3, 0.4) is 0 Å². The molecule has 2 unspecified atom stereocenters. The Kier molecular flexibility index (Phi) is 2.98. The van der Waals surface area contributed by atoms with Gasteiger partial charge in [0, 0.05) is 12.6 Å². The maximum atomic E-state index is 11.7. The summed E-state index contributed by atoms with van der Waals surface area (Å²) in [5.41, 5.74) is -0.178. The Morgan fingerprint density at radius 1 is 1.53 bits per heavy atom. The number of rotatable bonds is 4. The van der Waals surface area contributed by atoms with E-state index in [0.717, 1.165) is 13.0 Å². The van der Waals surface area contributed by atoms with Crippen LogP contribution in [0.5, 0.6) is 0 Å². The second-order valence-corrected chi connectivity index (χ2v) is 4.88. The molecule has 1 saturated carbocycles. The van der Waals surface area contributed by atoms with Crippen molar-refractivity contribution in [1.29, 1.82) is 0 Å². The average molecular weight is 212 g/mol. The SMILES string of the molecule is CC1OCCC1(C)NC(=O)CNC1CC1. The fourth-order valence-corrected chi connectivity index (χ4v) is 1.89. The second kappa shape index (κ2) is 4.10. The van der Waals surface area contributed by atoms with Crippen LogP contribution in [0.25, 0.3) is 0 Å². The number of ether oxygens (including phenoxy) is 1. The Hall–Kier alpha value is -0.610. The van der Waals surface area contributed by atoms with Gasteiger partial charge in [-0.05, 0) is 33.1 Å². The van der Waals surface area contributed by atoms with E-state index < -0.39 is 0 Å². The third kappa shape index (κ3) is 2.69. The van der Waals surface area contributed by atoms with E-state index in [1.807, 2.05) is 6.92 Å². The zero-order valence-electron chi connectivity index (χ0n) is 9.51. The number of hydrogen-bond donors (Lipinski definition) is 2. The molecule has 0 aromatic carbocycles. The molecule has 86 valence electrons. The molecule has 2 aliphatic rings. The number of hydrogen-bond acceptors (Lipinski definition) is 3. The molecule has 2 atom stereocenters. The predicted molar refractivity (Wildman–Crippen MR) is 57.6 cm³/mol. The topological polar surface area (TPSA) is 50.4 Å². The van der Waals surface area contributed by atoms with Crippen molar-refractivity contribution >= 4 is 5.91 Å². The van der Waals surface area contributed by atoms with Crippen LogP contribution in [0.4, 0.5) is 0 Å². The lowest BCUT2D eigenvalue weighted by molar-refractivity contribution is -0.122. The Morgan fingerprint density at radius 2 is 2.27 bits per heavy atom. The van der Waals surface area contributed by atoms with Crippen LogP contribution in [-0.2, 0) is 9.53 Å². The first-order valence-electron chi connectivity index (χ1n) is 5.76. The first-order chi connectivity index (χ1) is 7.10. The number of amides is 1. The Labute approximate surface area is 90.8 Å². The van der Waals surface area contributed by atoms with E-state index >= 15 is 0 Å². The minimum Gasteiger partial charge on any atom is -0.376 e. The van der Waals surface area contributed by atoms with Crippen LogP contribution in [-0.4, -0.2) is 36.7 Å². The van der Waals surface area contributed by atoms with Gasteiger partial charge in [-0.25, -0.2) is 0 Å². The quantitative estimate of drug-likeness (QED) is 0.710. The number of carbonyl (C=O) groups excluding carboxylic acids is 1. The normalized spacial score (nSPS) is 35.5. The van der Waals surface area contributed by atoms with Gasteiger partial charge < -0.3 is 15.4 Å². The van der Waals surface area contributed by atoms with E-state index in [1.54, 1.807) is 0 Å². The number of carbonyl (C=O) groups is 1. The van der Waals surface area contributed by atoms with Gasteiger partial charge in [0.2, 0.25) is 5.91 Å². The van der Waals surface area contributed by atoms with Gasteiger partial charge in [0.25, 0.3) is 0 Å². The van der Waals surface area contributed by atoms with Crippen molar-refractivity contribution in [2.45, 2.75) is 50.8 Å². The van der Waals surface area contributed by atoms with Crippen molar-refractivity contribution < 1.29 is 9.53 Å². The molecule has 1 heterocycles. The van der Waals surface area contributed by atoms with Crippen molar-refractivity contribution in [2.24, 2.45) is 0 Å². The molecule has 0 bridgehead atoms. The summed E-state index contributed by atoms with van der Waals surface area (Å²) < 4.78 is 5.47. The van der Waals surface area contributed by atoms with Gasteiger partial charge in [0.05, 0.1) is 18.2 Å². The van der Waals surface area contributed by atoms with Crippen molar-refractivity contribution in [3.63, 3.8) is 0 Å². The van der Waals surface area contributed by atoms with Gasteiger partial charge in [-0.2, -0.15) is 0 Å². The molecular formula is C11H20N2O2. The highest BCUT2D eigenvalue weighted by atomic mass is 16.5. The third-order valence-electron chi connectivity index (χ3n) is 3.44. The van der Waals surface area contributed by atoms with Gasteiger partial charge in [-0.15, -0.1) is 0 Å². The highest BCUT2D eigenvalue weighted by Crippen LogP contribution is 2.24. The van der Waals surface area contributed by atoms with Gasteiger partial charge in [-0.3, -0.25) is 4.79 Å². The van der Waals surface area contributed by atoms with E-state index in [1.165, 1.54) is 12.8 Å². The monoisotopic (exact) mass is 212 g/mol. The van der Waals surface area contributed by atoms with Crippen LogP contribution >= 0.6 is 0 Å². The minimum absolute atomic E-state index is 0.0850. The van der Waals surface area contributed by atoms with E-state index in [9.17, 15) is 4.79 Å². The molecular weight excluding hydrogens is 192 g/mol. The standard InChI is InChI=1S/C11H20N2O2/c1-8-11(2,5-6-15-8)13-10(14)7-12-9-3-4-9/h8-9,12H,3-7H2,1-2H3,(H,13,14). The molecule has 4 nitrogen and oxygen atoms in total. The number of nitrogens with one attached hydrogen (secondary N) is 2. The van der Waals surface area contributed by atoms with Crippen LogP contribution in [0.1, 0.15) is 33.1 Å². The largest absolute Gasteiger partial charge is 0.376 e. The summed E-state index contributed by atoms with van der Waals surface area (Å²) in [6.45, 7) is 5.25.